The first-order valence-electron chi connectivity index (χ1n) is 7.94. The molecule has 0 aliphatic carbocycles. The number of hydrogen-bond donors (Lipinski definition) is 0. The molecule has 0 heterocycles. The van der Waals surface area contributed by atoms with Crippen LogP contribution < -0.4 is 0 Å². The van der Waals surface area contributed by atoms with Crippen molar-refractivity contribution in [3.8, 4) is 0 Å². The maximum atomic E-state index is 12.7. The van der Waals surface area contributed by atoms with Gasteiger partial charge >= 0.3 is 0 Å². The molecule has 0 radical (unpaired) electrons. The summed E-state index contributed by atoms with van der Waals surface area (Å²) >= 11 is 0. The first-order valence-corrected chi connectivity index (χ1v) is 7.94. The lowest BCUT2D eigenvalue weighted by molar-refractivity contribution is 0.0977. The molecule has 1 nitrogen and oxygen atoms in total. The molecule has 3 rings (SSSR count). The summed E-state index contributed by atoms with van der Waals surface area (Å²) < 4.78 is 0. The quantitative estimate of drug-likeness (QED) is 0.577. The molecule has 0 N–H and O–H groups in total. The number of rotatable bonds is 5. The Kier molecular flexibility index (Phi) is 4.68. The first-order chi connectivity index (χ1) is 11.2. The van der Waals surface area contributed by atoms with Crippen LogP contribution in [-0.2, 0) is 0 Å². The van der Waals surface area contributed by atoms with Gasteiger partial charge in [0.1, 0.15) is 0 Å². The molecule has 0 spiro atoms. The molecule has 0 fully saturated rings. The molecule has 0 aliphatic rings. The van der Waals surface area contributed by atoms with E-state index in [1.54, 1.807) is 0 Å². The third-order valence-electron chi connectivity index (χ3n) is 4.17. The van der Waals surface area contributed by atoms with Crippen LogP contribution in [0.25, 0.3) is 0 Å². The van der Waals surface area contributed by atoms with Gasteiger partial charge in [-0.1, -0.05) is 90.5 Å². The van der Waals surface area contributed by atoms with E-state index in [9.17, 15) is 4.79 Å². The second-order valence-electron chi connectivity index (χ2n) is 5.87. The fourth-order valence-electron chi connectivity index (χ4n) is 2.84. The van der Waals surface area contributed by atoms with Gasteiger partial charge in [-0.25, -0.2) is 0 Å². The fourth-order valence-corrected chi connectivity index (χ4v) is 2.84. The highest BCUT2D eigenvalue weighted by atomic mass is 16.1. The molecule has 0 unspecified atom stereocenters. The molecule has 0 aliphatic heterocycles. The maximum Gasteiger partial charge on any atom is 0.163 e. The number of hydrogen-bond acceptors (Lipinski definition) is 1. The van der Waals surface area contributed by atoms with Crippen molar-refractivity contribution < 1.29 is 4.79 Å². The Bertz CT molecular complexity index is 758. The van der Waals surface area contributed by atoms with Crippen molar-refractivity contribution in [1.29, 1.82) is 0 Å². The van der Waals surface area contributed by atoms with Crippen molar-refractivity contribution in [1.82, 2.24) is 0 Å². The van der Waals surface area contributed by atoms with Gasteiger partial charge in [0.25, 0.3) is 0 Å². The predicted molar refractivity (Wildman–Crippen MR) is 94.9 cm³/mol. The van der Waals surface area contributed by atoms with Crippen LogP contribution in [0.2, 0.25) is 0 Å². The zero-order valence-corrected chi connectivity index (χ0v) is 13.3. The maximum absolute atomic E-state index is 12.7. The third-order valence-corrected chi connectivity index (χ3v) is 4.17. The van der Waals surface area contributed by atoms with Crippen LogP contribution in [0.15, 0.2) is 84.9 Å². The second-order valence-corrected chi connectivity index (χ2v) is 5.87. The van der Waals surface area contributed by atoms with E-state index in [-0.39, 0.29) is 11.7 Å². The van der Waals surface area contributed by atoms with Gasteiger partial charge in [0.05, 0.1) is 0 Å². The summed E-state index contributed by atoms with van der Waals surface area (Å²) in [6, 6.07) is 28.3. The molecule has 3 aromatic carbocycles. The SMILES string of the molecule is Cc1ccc([C@H](CC(=O)c2ccccc2)c2ccccc2)cc1. The highest BCUT2D eigenvalue weighted by Gasteiger charge is 2.18. The van der Waals surface area contributed by atoms with Gasteiger partial charge in [-0.15, -0.1) is 0 Å². The smallest absolute Gasteiger partial charge is 0.163 e. The monoisotopic (exact) mass is 300 g/mol. The van der Waals surface area contributed by atoms with Crippen LogP contribution in [0.5, 0.6) is 0 Å². The molecule has 0 saturated heterocycles. The number of benzene rings is 3. The predicted octanol–water partition coefficient (Wildman–Crippen LogP) is 5.40. The van der Waals surface area contributed by atoms with Crippen molar-refractivity contribution in [3.63, 3.8) is 0 Å². The van der Waals surface area contributed by atoms with Gasteiger partial charge in [-0.2, -0.15) is 0 Å². The molecule has 114 valence electrons. The molecule has 0 saturated carbocycles. The molecular weight excluding hydrogens is 280 g/mol. The topological polar surface area (TPSA) is 17.1 Å². The molecule has 1 heteroatoms. The van der Waals surface area contributed by atoms with E-state index in [0.717, 1.165) is 5.56 Å². The van der Waals surface area contributed by atoms with Crippen molar-refractivity contribution in [2.75, 3.05) is 0 Å². The number of ketones is 1. The molecule has 23 heavy (non-hydrogen) atoms. The first kappa shape index (κ1) is 15.2. The summed E-state index contributed by atoms with van der Waals surface area (Å²) in [7, 11) is 0. The summed E-state index contributed by atoms with van der Waals surface area (Å²) in [6.45, 7) is 2.08. The minimum atomic E-state index is 0.0875. The van der Waals surface area contributed by atoms with E-state index < -0.39 is 0 Å². The Hall–Kier alpha value is -2.67. The van der Waals surface area contributed by atoms with Gasteiger partial charge in [0, 0.05) is 17.9 Å². The van der Waals surface area contributed by atoms with E-state index in [0.29, 0.717) is 6.42 Å². The lowest BCUT2D eigenvalue weighted by Crippen LogP contribution is -2.09. The Morgan fingerprint density at radius 3 is 1.87 bits per heavy atom. The Morgan fingerprint density at radius 1 is 0.739 bits per heavy atom. The van der Waals surface area contributed by atoms with Crippen LogP contribution in [0, 0.1) is 6.92 Å². The van der Waals surface area contributed by atoms with Gasteiger partial charge < -0.3 is 0 Å². The van der Waals surface area contributed by atoms with Gasteiger partial charge in [0.15, 0.2) is 5.78 Å². The number of Topliss-reactive ketones (excluding diaryl/α,β-unsaturated/α-hetero) is 1. The number of aryl methyl sites for hydroxylation is 1. The van der Waals surface area contributed by atoms with Crippen LogP contribution in [0.4, 0.5) is 0 Å². The molecule has 0 bridgehead atoms. The summed E-state index contributed by atoms with van der Waals surface area (Å²) in [5.41, 5.74) is 4.38. The lowest BCUT2D eigenvalue weighted by Gasteiger charge is -2.18. The molecule has 1 atom stereocenters. The van der Waals surface area contributed by atoms with Crippen molar-refractivity contribution >= 4 is 5.78 Å². The van der Waals surface area contributed by atoms with E-state index in [1.165, 1.54) is 16.7 Å². The molecular formula is C22H20O. The lowest BCUT2D eigenvalue weighted by atomic mass is 9.85. The average molecular weight is 300 g/mol. The van der Waals surface area contributed by atoms with Crippen LogP contribution in [0.3, 0.4) is 0 Å². The number of carbonyl (C=O) groups excluding carboxylic acids is 1. The molecule has 0 aromatic heterocycles. The molecule has 3 aromatic rings. The van der Waals surface area contributed by atoms with Crippen molar-refractivity contribution in [2.45, 2.75) is 19.3 Å². The second kappa shape index (κ2) is 7.06. The highest BCUT2D eigenvalue weighted by Crippen LogP contribution is 2.29. The van der Waals surface area contributed by atoms with Crippen LogP contribution in [0.1, 0.15) is 39.4 Å². The minimum absolute atomic E-state index is 0.0875. The normalized spacial score (nSPS) is 11.9. The Morgan fingerprint density at radius 2 is 1.26 bits per heavy atom. The Labute approximate surface area is 137 Å². The van der Waals surface area contributed by atoms with E-state index in [2.05, 4.69) is 43.3 Å². The summed E-state index contributed by atoms with van der Waals surface area (Å²) in [5.74, 6) is 0.268. The van der Waals surface area contributed by atoms with Crippen molar-refractivity contribution in [3.05, 3.63) is 107 Å². The minimum Gasteiger partial charge on any atom is -0.294 e. The van der Waals surface area contributed by atoms with Crippen LogP contribution in [-0.4, -0.2) is 5.78 Å². The zero-order valence-electron chi connectivity index (χ0n) is 13.3. The highest BCUT2D eigenvalue weighted by molar-refractivity contribution is 5.96. The van der Waals surface area contributed by atoms with Gasteiger partial charge in [-0.05, 0) is 18.1 Å². The number of carbonyl (C=O) groups is 1. The van der Waals surface area contributed by atoms with Gasteiger partial charge in [0.2, 0.25) is 0 Å². The van der Waals surface area contributed by atoms with E-state index in [1.807, 2.05) is 48.5 Å². The van der Waals surface area contributed by atoms with Gasteiger partial charge in [-0.3, -0.25) is 4.79 Å². The summed E-state index contributed by atoms with van der Waals surface area (Å²) in [4.78, 5) is 12.7. The van der Waals surface area contributed by atoms with E-state index >= 15 is 0 Å². The Balaban J connectivity index is 1.93. The van der Waals surface area contributed by atoms with Crippen molar-refractivity contribution in [2.24, 2.45) is 0 Å². The van der Waals surface area contributed by atoms with E-state index in [4.69, 9.17) is 0 Å². The largest absolute Gasteiger partial charge is 0.294 e. The summed E-state index contributed by atoms with van der Waals surface area (Å²) in [5, 5.41) is 0. The standard InChI is InChI=1S/C22H20O/c1-17-12-14-19(15-13-17)21(18-8-4-2-5-9-18)16-22(23)20-10-6-3-7-11-20/h2-15,21H,16H2,1H3/t21-/m1/s1. The zero-order chi connectivity index (χ0) is 16.1. The third kappa shape index (κ3) is 3.75. The van der Waals surface area contributed by atoms with Crippen LogP contribution >= 0.6 is 0 Å². The fraction of sp³-hybridized carbons (Fsp3) is 0.136. The average Bonchev–Trinajstić information content (AvgIpc) is 2.62. The molecule has 0 amide bonds. The summed E-state index contributed by atoms with van der Waals surface area (Å²) in [6.07, 6.45) is 0.483.